The fourth-order valence-corrected chi connectivity index (χ4v) is 0.189. The zero-order valence-electron chi connectivity index (χ0n) is 4.68. The van der Waals surface area contributed by atoms with Crippen LogP contribution in [0.1, 0.15) is 6.42 Å². The third kappa shape index (κ3) is 9.47. The van der Waals surface area contributed by atoms with E-state index in [0.717, 1.165) is 0 Å². The summed E-state index contributed by atoms with van der Waals surface area (Å²) in [6, 6.07) is 0. The summed E-state index contributed by atoms with van der Waals surface area (Å²) in [5, 5.41) is 7.96. The summed E-state index contributed by atoms with van der Waals surface area (Å²) in [4.78, 5) is 9.68. The first kappa shape index (κ1) is 11.0. The fourth-order valence-electron chi connectivity index (χ4n) is 0.189. The van der Waals surface area contributed by atoms with Crippen molar-refractivity contribution >= 4 is 5.97 Å². The molecule has 0 amide bonds. The number of rotatable bonds is 3. The normalized spacial score (nSPS) is 7.62. The molecule has 0 atom stereocenters. The number of ether oxygens (including phenoxy) is 1. The SMILES string of the molecule is COCCC(=O)O.[Ti]. The number of aliphatic carboxylic acids is 1. The Labute approximate surface area is 62.9 Å². The van der Waals surface area contributed by atoms with Gasteiger partial charge in [-0.3, -0.25) is 4.79 Å². The molecule has 3 nitrogen and oxygen atoms in total. The summed E-state index contributed by atoms with van der Waals surface area (Å²) in [7, 11) is 1.48. The van der Waals surface area contributed by atoms with Crippen LogP contribution in [0.4, 0.5) is 0 Å². The number of methoxy groups -OCH3 is 1. The van der Waals surface area contributed by atoms with E-state index < -0.39 is 5.97 Å². The molecule has 1 N–H and O–H groups in total. The predicted octanol–water partition coefficient (Wildman–Crippen LogP) is 0.105. The maximum atomic E-state index is 9.68. The Morgan fingerprint density at radius 1 is 1.75 bits per heavy atom. The van der Waals surface area contributed by atoms with Gasteiger partial charge in [-0.1, -0.05) is 0 Å². The molecule has 0 saturated heterocycles. The summed E-state index contributed by atoms with van der Waals surface area (Å²) in [6.45, 7) is 0.301. The van der Waals surface area contributed by atoms with Crippen LogP contribution < -0.4 is 0 Å². The minimum atomic E-state index is -0.818. The monoisotopic (exact) mass is 152 g/mol. The first-order valence-electron chi connectivity index (χ1n) is 1.98. The third-order valence-corrected chi connectivity index (χ3v) is 0.520. The minimum Gasteiger partial charge on any atom is -0.481 e. The van der Waals surface area contributed by atoms with Gasteiger partial charge in [0.2, 0.25) is 0 Å². The smallest absolute Gasteiger partial charge is 0.305 e. The van der Waals surface area contributed by atoms with Crippen molar-refractivity contribution in [2.24, 2.45) is 0 Å². The Hall–Kier alpha value is 0.144. The molecule has 0 fully saturated rings. The number of hydrogen-bond acceptors (Lipinski definition) is 2. The van der Waals surface area contributed by atoms with Crippen LogP contribution in [0.25, 0.3) is 0 Å². The van der Waals surface area contributed by atoms with Gasteiger partial charge in [0.05, 0.1) is 13.0 Å². The fraction of sp³-hybridized carbons (Fsp3) is 0.750. The second kappa shape index (κ2) is 7.14. The molecule has 0 spiro atoms. The van der Waals surface area contributed by atoms with Crippen LogP contribution >= 0.6 is 0 Å². The van der Waals surface area contributed by atoms with E-state index in [1.165, 1.54) is 7.11 Å². The second-order valence-corrected chi connectivity index (χ2v) is 1.14. The Kier molecular flexibility index (Phi) is 9.83. The van der Waals surface area contributed by atoms with Crippen LogP contribution in [0.3, 0.4) is 0 Å². The molecular formula is C4H8O3Ti. The topological polar surface area (TPSA) is 46.5 Å². The van der Waals surface area contributed by atoms with Crippen molar-refractivity contribution < 1.29 is 36.4 Å². The molecular weight excluding hydrogens is 144 g/mol. The van der Waals surface area contributed by atoms with E-state index in [0.29, 0.717) is 6.61 Å². The minimum absolute atomic E-state index is 0. The van der Waals surface area contributed by atoms with Crippen LogP contribution in [0, 0.1) is 0 Å². The molecule has 0 aromatic carbocycles. The Morgan fingerprint density at radius 2 is 2.25 bits per heavy atom. The third-order valence-electron chi connectivity index (χ3n) is 0.520. The van der Waals surface area contributed by atoms with Gasteiger partial charge in [-0.2, -0.15) is 0 Å². The summed E-state index contributed by atoms with van der Waals surface area (Å²) in [5.74, 6) is -0.818. The van der Waals surface area contributed by atoms with Crippen LogP contribution in [0.15, 0.2) is 0 Å². The number of hydrogen-bond donors (Lipinski definition) is 1. The molecule has 0 aromatic rings. The van der Waals surface area contributed by atoms with Crippen molar-refractivity contribution in [3.8, 4) is 0 Å². The van der Waals surface area contributed by atoms with Crippen molar-refractivity contribution in [3.63, 3.8) is 0 Å². The molecule has 0 aromatic heterocycles. The average molecular weight is 152 g/mol. The zero-order chi connectivity index (χ0) is 5.70. The molecule has 0 aliphatic rings. The molecule has 0 radical (unpaired) electrons. The number of carboxylic acid groups (broad SMARTS) is 1. The van der Waals surface area contributed by atoms with E-state index in [1.54, 1.807) is 0 Å². The van der Waals surface area contributed by atoms with Gasteiger partial charge in [0.25, 0.3) is 0 Å². The largest absolute Gasteiger partial charge is 0.481 e. The predicted molar refractivity (Wildman–Crippen MR) is 24.1 cm³/mol. The van der Waals surface area contributed by atoms with Crippen molar-refractivity contribution in [2.45, 2.75) is 6.42 Å². The van der Waals surface area contributed by atoms with E-state index in [9.17, 15) is 4.79 Å². The van der Waals surface area contributed by atoms with Gasteiger partial charge >= 0.3 is 5.97 Å². The second-order valence-electron chi connectivity index (χ2n) is 1.14. The molecule has 0 rings (SSSR count). The first-order chi connectivity index (χ1) is 3.27. The van der Waals surface area contributed by atoms with Crippen LogP contribution in [-0.4, -0.2) is 24.8 Å². The molecule has 0 bridgehead atoms. The van der Waals surface area contributed by atoms with Crippen molar-refractivity contribution in [3.05, 3.63) is 0 Å². The van der Waals surface area contributed by atoms with Gasteiger partial charge in [0.15, 0.2) is 0 Å². The van der Waals surface area contributed by atoms with E-state index in [-0.39, 0.29) is 28.1 Å². The molecule has 4 heteroatoms. The van der Waals surface area contributed by atoms with Gasteiger partial charge < -0.3 is 9.84 Å². The van der Waals surface area contributed by atoms with Gasteiger partial charge in [-0.05, 0) is 0 Å². The Morgan fingerprint density at radius 3 is 2.38 bits per heavy atom. The Balaban J connectivity index is 0. The van der Waals surface area contributed by atoms with E-state index >= 15 is 0 Å². The quantitative estimate of drug-likeness (QED) is 0.583. The summed E-state index contributed by atoms with van der Waals surface area (Å²) >= 11 is 0. The maximum absolute atomic E-state index is 9.68. The zero-order valence-corrected chi connectivity index (χ0v) is 6.24. The Bertz CT molecular complexity index is 64.3. The molecule has 46 valence electrons. The molecule has 8 heavy (non-hydrogen) atoms. The molecule has 0 unspecified atom stereocenters. The maximum Gasteiger partial charge on any atom is 0.305 e. The molecule has 0 aliphatic carbocycles. The van der Waals surface area contributed by atoms with Gasteiger partial charge in [-0.25, -0.2) is 0 Å². The van der Waals surface area contributed by atoms with Crippen molar-refractivity contribution in [2.75, 3.05) is 13.7 Å². The summed E-state index contributed by atoms with van der Waals surface area (Å²) in [6.07, 6.45) is 0.0938. The number of carboxylic acids is 1. The summed E-state index contributed by atoms with van der Waals surface area (Å²) in [5.41, 5.74) is 0. The van der Waals surface area contributed by atoms with Crippen molar-refractivity contribution in [1.82, 2.24) is 0 Å². The van der Waals surface area contributed by atoms with E-state index in [4.69, 9.17) is 5.11 Å². The number of carbonyl (C=O) groups is 1. The molecule has 0 heterocycles. The standard InChI is InChI=1S/C4H8O3.Ti/c1-7-3-2-4(5)6;/h2-3H2,1H3,(H,5,6);. The van der Waals surface area contributed by atoms with E-state index in [1.807, 2.05) is 0 Å². The molecule has 0 aliphatic heterocycles. The first-order valence-corrected chi connectivity index (χ1v) is 1.98. The van der Waals surface area contributed by atoms with Gasteiger partial charge in [-0.15, -0.1) is 0 Å². The van der Waals surface area contributed by atoms with Gasteiger partial charge in [0, 0.05) is 28.8 Å². The summed E-state index contributed by atoms with van der Waals surface area (Å²) < 4.78 is 4.47. The van der Waals surface area contributed by atoms with E-state index in [2.05, 4.69) is 4.74 Å². The van der Waals surface area contributed by atoms with Gasteiger partial charge in [0.1, 0.15) is 0 Å². The molecule has 0 saturated carbocycles. The van der Waals surface area contributed by atoms with Crippen LogP contribution in [0.5, 0.6) is 0 Å². The van der Waals surface area contributed by atoms with Crippen LogP contribution in [0.2, 0.25) is 0 Å². The average Bonchev–Trinajstić information content (AvgIpc) is 1.61. The van der Waals surface area contributed by atoms with Crippen molar-refractivity contribution in [1.29, 1.82) is 0 Å². The van der Waals surface area contributed by atoms with Crippen LogP contribution in [-0.2, 0) is 31.2 Å².